The SMILES string of the molecule is CC(C)N1CCN2c3nc(N)c(C(F)(F)F)cc3COC[C@H]2C1. The summed E-state index contributed by atoms with van der Waals surface area (Å²) in [6.45, 7) is 7.22. The van der Waals surface area contributed by atoms with E-state index >= 15 is 0 Å². The molecule has 0 radical (unpaired) electrons. The Kier molecular flexibility index (Phi) is 4.14. The maximum absolute atomic E-state index is 13.0. The van der Waals surface area contributed by atoms with Crippen LogP contribution in [-0.2, 0) is 17.5 Å². The standard InChI is InChI=1S/C15H21F3N4O/c1-9(2)21-3-4-22-11(6-21)8-23-7-10-5-12(15(16,17)18)13(19)20-14(10)22/h5,9,11H,3-4,6-8H2,1-2H3,(H2,19,20)/t11-/m1/s1. The highest BCUT2D eigenvalue weighted by molar-refractivity contribution is 5.57. The van der Waals surface area contributed by atoms with Crippen LogP contribution in [0.1, 0.15) is 25.0 Å². The molecule has 3 rings (SSSR count). The molecule has 1 saturated heterocycles. The van der Waals surface area contributed by atoms with Crippen LogP contribution >= 0.6 is 0 Å². The van der Waals surface area contributed by atoms with Gasteiger partial charge in [0.2, 0.25) is 0 Å². The minimum atomic E-state index is -4.51. The highest BCUT2D eigenvalue weighted by Gasteiger charge is 2.38. The Morgan fingerprint density at radius 3 is 2.74 bits per heavy atom. The van der Waals surface area contributed by atoms with E-state index in [2.05, 4.69) is 23.7 Å². The molecule has 0 spiro atoms. The lowest BCUT2D eigenvalue weighted by atomic mass is 10.1. The van der Waals surface area contributed by atoms with Crippen molar-refractivity contribution in [3.8, 4) is 0 Å². The minimum absolute atomic E-state index is 0.0797. The molecular weight excluding hydrogens is 309 g/mol. The van der Waals surface area contributed by atoms with Gasteiger partial charge in [-0.1, -0.05) is 0 Å². The van der Waals surface area contributed by atoms with Crippen LogP contribution in [0.25, 0.3) is 0 Å². The minimum Gasteiger partial charge on any atom is -0.383 e. The van der Waals surface area contributed by atoms with Crippen LogP contribution in [0.3, 0.4) is 0 Å². The number of nitrogens with zero attached hydrogens (tertiary/aromatic N) is 3. The zero-order valence-corrected chi connectivity index (χ0v) is 13.2. The highest BCUT2D eigenvalue weighted by Crippen LogP contribution is 2.37. The zero-order valence-electron chi connectivity index (χ0n) is 13.2. The molecule has 128 valence electrons. The molecule has 3 heterocycles. The van der Waals surface area contributed by atoms with Crippen LogP contribution < -0.4 is 10.6 Å². The fourth-order valence-corrected chi connectivity index (χ4v) is 3.22. The third-order valence-electron chi connectivity index (χ3n) is 4.50. The number of halogens is 3. The van der Waals surface area contributed by atoms with E-state index in [1.165, 1.54) is 0 Å². The van der Waals surface area contributed by atoms with Gasteiger partial charge in [0, 0.05) is 31.2 Å². The molecule has 1 atom stereocenters. The number of piperazine rings is 1. The molecule has 2 aliphatic rings. The molecule has 0 aromatic carbocycles. The predicted molar refractivity (Wildman–Crippen MR) is 81.2 cm³/mol. The molecule has 1 aromatic rings. The lowest BCUT2D eigenvalue weighted by Crippen LogP contribution is -2.56. The number of nitrogens with two attached hydrogens (primary N) is 1. The average Bonchev–Trinajstić information content (AvgIpc) is 2.63. The first-order valence-electron chi connectivity index (χ1n) is 7.72. The molecule has 1 fully saturated rings. The second kappa shape index (κ2) is 5.83. The monoisotopic (exact) mass is 330 g/mol. The summed E-state index contributed by atoms with van der Waals surface area (Å²) < 4.78 is 44.6. The van der Waals surface area contributed by atoms with Gasteiger partial charge in [-0.25, -0.2) is 4.98 Å². The van der Waals surface area contributed by atoms with Gasteiger partial charge in [0.1, 0.15) is 11.6 Å². The number of nitrogen functional groups attached to an aromatic ring is 1. The van der Waals surface area contributed by atoms with Gasteiger partial charge in [0.25, 0.3) is 0 Å². The summed E-state index contributed by atoms with van der Waals surface area (Å²) in [7, 11) is 0. The maximum atomic E-state index is 13.0. The van der Waals surface area contributed by atoms with Crippen LogP contribution in [-0.4, -0.2) is 48.2 Å². The number of pyridine rings is 1. The summed E-state index contributed by atoms with van der Waals surface area (Å²) in [4.78, 5) is 8.46. The summed E-state index contributed by atoms with van der Waals surface area (Å²) in [5.41, 5.74) is 5.13. The number of fused-ring (bicyclic) bond motifs is 3. The van der Waals surface area contributed by atoms with Crippen molar-refractivity contribution in [3.05, 3.63) is 17.2 Å². The van der Waals surface area contributed by atoms with Gasteiger partial charge in [-0.3, -0.25) is 4.90 Å². The number of ether oxygens (including phenoxy) is 1. The fourth-order valence-electron chi connectivity index (χ4n) is 3.22. The third-order valence-corrected chi connectivity index (χ3v) is 4.50. The first-order valence-corrected chi connectivity index (χ1v) is 7.72. The Morgan fingerprint density at radius 2 is 2.09 bits per heavy atom. The Hall–Kier alpha value is -1.54. The van der Waals surface area contributed by atoms with Gasteiger partial charge >= 0.3 is 6.18 Å². The van der Waals surface area contributed by atoms with Gasteiger partial charge in [0.15, 0.2) is 0 Å². The summed E-state index contributed by atoms with van der Waals surface area (Å²) >= 11 is 0. The lowest BCUT2D eigenvalue weighted by molar-refractivity contribution is -0.137. The van der Waals surface area contributed by atoms with Crippen molar-refractivity contribution in [2.75, 3.05) is 36.9 Å². The van der Waals surface area contributed by atoms with Crippen LogP contribution in [0.4, 0.5) is 24.8 Å². The van der Waals surface area contributed by atoms with Crippen molar-refractivity contribution in [2.45, 2.75) is 38.7 Å². The summed E-state index contributed by atoms with van der Waals surface area (Å²) in [6.07, 6.45) is -4.51. The van der Waals surface area contributed by atoms with Gasteiger partial charge in [0.05, 0.1) is 24.8 Å². The first-order chi connectivity index (χ1) is 10.8. The smallest absolute Gasteiger partial charge is 0.383 e. The normalized spacial score (nSPS) is 22.7. The number of hydrogen-bond donors (Lipinski definition) is 1. The molecule has 5 nitrogen and oxygen atoms in total. The third kappa shape index (κ3) is 3.10. The molecule has 2 aliphatic heterocycles. The molecule has 8 heteroatoms. The van der Waals surface area contributed by atoms with E-state index < -0.39 is 17.6 Å². The van der Waals surface area contributed by atoms with Crippen molar-refractivity contribution < 1.29 is 17.9 Å². The van der Waals surface area contributed by atoms with Crippen LogP contribution in [0, 0.1) is 0 Å². The molecule has 0 aliphatic carbocycles. The Bertz CT molecular complexity index is 591. The summed E-state index contributed by atoms with van der Waals surface area (Å²) in [6, 6.07) is 1.58. The Balaban J connectivity index is 1.95. The Morgan fingerprint density at radius 1 is 1.35 bits per heavy atom. The van der Waals surface area contributed by atoms with Crippen molar-refractivity contribution in [3.63, 3.8) is 0 Å². The van der Waals surface area contributed by atoms with E-state index in [-0.39, 0.29) is 12.6 Å². The van der Waals surface area contributed by atoms with Gasteiger partial charge in [-0.15, -0.1) is 0 Å². The molecule has 0 saturated carbocycles. The van der Waals surface area contributed by atoms with Gasteiger partial charge < -0.3 is 15.4 Å². The molecule has 2 N–H and O–H groups in total. The maximum Gasteiger partial charge on any atom is 0.419 e. The average molecular weight is 330 g/mol. The number of aromatic nitrogens is 1. The van der Waals surface area contributed by atoms with Crippen molar-refractivity contribution in [1.82, 2.24) is 9.88 Å². The fraction of sp³-hybridized carbons (Fsp3) is 0.667. The molecule has 0 amide bonds. The highest BCUT2D eigenvalue weighted by atomic mass is 19.4. The van der Waals surface area contributed by atoms with Crippen molar-refractivity contribution in [2.24, 2.45) is 0 Å². The first kappa shape index (κ1) is 16.3. The van der Waals surface area contributed by atoms with E-state index in [0.717, 1.165) is 19.2 Å². The van der Waals surface area contributed by atoms with E-state index in [0.29, 0.717) is 30.6 Å². The molecule has 1 aromatic heterocycles. The van der Waals surface area contributed by atoms with Gasteiger partial charge in [-0.05, 0) is 19.9 Å². The van der Waals surface area contributed by atoms with Crippen LogP contribution in [0.5, 0.6) is 0 Å². The topological polar surface area (TPSA) is 54.6 Å². The van der Waals surface area contributed by atoms with E-state index in [4.69, 9.17) is 10.5 Å². The van der Waals surface area contributed by atoms with Crippen LogP contribution in [0.2, 0.25) is 0 Å². The number of alkyl halides is 3. The van der Waals surface area contributed by atoms with Crippen LogP contribution in [0.15, 0.2) is 6.07 Å². The second-order valence-corrected chi connectivity index (χ2v) is 6.35. The van der Waals surface area contributed by atoms with Crippen molar-refractivity contribution in [1.29, 1.82) is 0 Å². The van der Waals surface area contributed by atoms with E-state index in [1.54, 1.807) is 0 Å². The number of anilines is 2. The second-order valence-electron chi connectivity index (χ2n) is 6.35. The largest absolute Gasteiger partial charge is 0.419 e. The molecular formula is C15H21F3N4O. The zero-order chi connectivity index (χ0) is 16.8. The van der Waals surface area contributed by atoms with Crippen molar-refractivity contribution >= 4 is 11.6 Å². The lowest BCUT2D eigenvalue weighted by Gasteiger charge is -2.43. The van der Waals surface area contributed by atoms with Gasteiger partial charge in [-0.2, -0.15) is 13.2 Å². The van der Waals surface area contributed by atoms with E-state index in [9.17, 15) is 13.2 Å². The quantitative estimate of drug-likeness (QED) is 0.855. The number of rotatable bonds is 1. The molecule has 0 bridgehead atoms. The number of hydrogen-bond acceptors (Lipinski definition) is 5. The summed E-state index contributed by atoms with van der Waals surface area (Å²) in [5, 5.41) is 0. The van der Waals surface area contributed by atoms with E-state index in [1.807, 2.05) is 4.90 Å². The molecule has 0 unspecified atom stereocenters. The summed E-state index contributed by atoms with van der Waals surface area (Å²) in [5.74, 6) is 0.0598. The Labute approximate surface area is 133 Å². The molecule has 23 heavy (non-hydrogen) atoms. The predicted octanol–water partition coefficient (Wildman–Crippen LogP) is 2.11.